The van der Waals surface area contributed by atoms with Gasteiger partial charge < -0.3 is 15.0 Å². The fourth-order valence-corrected chi connectivity index (χ4v) is 4.17. The standard InChI is InChI=1S/C26H30N4O3/c1-19-24(18-30(28-19)22-6-4-3-5-7-22)26(32)29-14-12-20(13-15-29)16-25(31)27-17-21-8-10-23(33-2)11-9-21/h3-11,18,20H,12-17H2,1-2H3,(H,27,31). The van der Waals surface area contributed by atoms with Gasteiger partial charge in [0.2, 0.25) is 5.91 Å². The first-order valence-electron chi connectivity index (χ1n) is 11.3. The Morgan fingerprint density at radius 3 is 2.42 bits per heavy atom. The molecule has 0 aliphatic carbocycles. The lowest BCUT2D eigenvalue weighted by Gasteiger charge is -2.31. The molecule has 7 heteroatoms. The largest absolute Gasteiger partial charge is 0.497 e. The van der Waals surface area contributed by atoms with Crippen LogP contribution in [0.5, 0.6) is 5.75 Å². The Hall–Kier alpha value is -3.61. The summed E-state index contributed by atoms with van der Waals surface area (Å²) in [5.74, 6) is 1.15. The van der Waals surface area contributed by atoms with Gasteiger partial charge in [0.25, 0.3) is 5.91 Å². The predicted octanol–water partition coefficient (Wildman–Crippen LogP) is 3.75. The molecule has 2 amide bonds. The molecule has 1 aromatic heterocycles. The average molecular weight is 447 g/mol. The molecule has 1 aliphatic heterocycles. The maximum atomic E-state index is 13.1. The van der Waals surface area contributed by atoms with Crippen molar-refractivity contribution in [1.29, 1.82) is 0 Å². The minimum atomic E-state index is 0.0112. The Kier molecular flexibility index (Phi) is 7.07. The van der Waals surface area contributed by atoms with E-state index in [4.69, 9.17) is 4.74 Å². The second-order valence-electron chi connectivity index (χ2n) is 8.47. The first-order valence-corrected chi connectivity index (χ1v) is 11.3. The second-order valence-corrected chi connectivity index (χ2v) is 8.47. The number of nitrogens with zero attached hydrogens (tertiary/aromatic N) is 3. The molecule has 1 N–H and O–H groups in total. The zero-order valence-electron chi connectivity index (χ0n) is 19.2. The Bertz CT molecular complexity index is 1080. The van der Waals surface area contributed by atoms with Crippen molar-refractivity contribution >= 4 is 11.8 Å². The summed E-state index contributed by atoms with van der Waals surface area (Å²) < 4.78 is 6.91. The molecule has 172 valence electrons. The lowest BCUT2D eigenvalue weighted by molar-refractivity contribution is -0.122. The van der Waals surface area contributed by atoms with E-state index in [0.717, 1.165) is 35.5 Å². The molecule has 1 aliphatic rings. The molecular weight excluding hydrogens is 416 g/mol. The Morgan fingerprint density at radius 1 is 1.06 bits per heavy atom. The highest BCUT2D eigenvalue weighted by Crippen LogP contribution is 2.23. The average Bonchev–Trinajstić information content (AvgIpc) is 3.25. The zero-order chi connectivity index (χ0) is 23.2. The van der Waals surface area contributed by atoms with Crippen LogP contribution in [-0.4, -0.2) is 46.7 Å². The van der Waals surface area contributed by atoms with Crippen LogP contribution >= 0.6 is 0 Å². The summed E-state index contributed by atoms with van der Waals surface area (Å²) in [5, 5.41) is 7.51. The molecule has 0 saturated carbocycles. The molecule has 0 radical (unpaired) electrons. The van der Waals surface area contributed by atoms with Gasteiger partial charge >= 0.3 is 0 Å². The van der Waals surface area contributed by atoms with E-state index in [1.54, 1.807) is 11.8 Å². The number of methoxy groups -OCH3 is 1. The van der Waals surface area contributed by atoms with Crippen LogP contribution in [0.25, 0.3) is 5.69 Å². The number of rotatable bonds is 7. The smallest absolute Gasteiger partial charge is 0.257 e. The van der Waals surface area contributed by atoms with Gasteiger partial charge in [-0.1, -0.05) is 30.3 Å². The molecule has 0 spiro atoms. The SMILES string of the molecule is COc1ccc(CNC(=O)CC2CCN(C(=O)c3cn(-c4ccccc4)nc3C)CC2)cc1. The summed E-state index contributed by atoms with van der Waals surface area (Å²) in [6.45, 7) is 3.69. The van der Waals surface area contributed by atoms with Crippen molar-refractivity contribution in [2.24, 2.45) is 5.92 Å². The molecule has 1 saturated heterocycles. The summed E-state index contributed by atoms with van der Waals surface area (Å²) in [7, 11) is 1.63. The van der Waals surface area contributed by atoms with Gasteiger partial charge in [-0.05, 0) is 55.5 Å². The first-order chi connectivity index (χ1) is 16.0. The van der Waals surface area contributed by atoms with Gasteiger partial charge in [-0.2, -0.15) is 5.10 Å². The van der Waals surface area contributed by atoms with E-state index in [-0.39, 0.29) is 17.7 Å². The number of hydrogen-bond donors (Lipinski definition) is 1. The number of aromatic nitrogens is 2. The van der Waals surface area contributed by atoms with Gasteiger partial charge in [0.05, 0.1) is 24.1 Å². The fraction of sp³-hybridized carbons (Fsp3) is 0.346. The first kappa shape index (κ1) is 22.6. The van der Waals surface area contributed by atoms with E-state index in [1.807, 2.05) is 72.6 Å². The van der Waals surface area contributed by atoms with Crippen LogP contribution in [0.1, 0.15) is 40.9 Å². The molecule has 0 bridgehead atoms. The second kappa shape index (κ2) is 10.3. The van der Waals surface area contributed by atoms with E-state index >= 15 is 0 Å². The quantitative estimate of drug-likeness (QED) is 0.600. The molecule has 2 heterocycles. The van der Waals surface area contributed by atoms with Crippen molar-refractivity contribution in [3.8, 4) is 11.4 Å². The summed E-state index contributed by atoms with van der Waals surface area (Å²) in [6.07, 6.45) is 3.95. The Morgan fingerprint density at radius 2 is 1.76 bits per heavy atom. The molecule has 4 rings (SSSR count). The predicted molar refractivity (Wildman–Crippen MR) is 126 cm³/mol. The third-order valence-corrected chi connectivity index (χ3v) is 6.17. The monoisotopic (exact) mass is 446 g/mol. The lowest BCUT2D eigenvalue weighted by Crippen LogP contribution is -2.39. The molecule has 7 nitrogen and oxygen atoms in total. The van der Waals surface area contributed by atoms with Crippen LogP contribution in [-0.2, 0) is 11.3 Å². The lowest BCUT2D eigenvalue weighted by atomic mass is 9.93. The third kappa shape index (κ3) is 5.61. The van der Waals surface area contributed by atoms with E-state index in [2.05, 4.69) is 10.4 Å². The van der Waals surface area contributed by atoms with Gasteiger partial charge in [-0.25, -0.2) is 4.68 Å². The van der Waals surface area contributed by atoms with E-state index in [1.165, 1.54) is 0 Å². The number of hydrogen-bond acceptors (Lipinski definition) is 4. The van der Waals surface area contributed by atoms with Gasteiger partial charge in [0.1, 0.15) is 5.75 Å². The number of aryl methyl sites for hydroxylation is 1. The van der Waals surface area contributed by atoms with E-state index < -0.39 is 0 Å². The van der Waals surface area contributed by atoms with Crippen LogP contribution in [0, 0.1) is 12.8 Å². The van der Waals surface area contributed by atoms with Crippen molar-refractivity contribution < 1.29 is 14.3 Å². The van der Waals surface area contributed by atoms with Crippen LogP contribution in [0.2, 0.25) is 0 Å². The van der Waals surface area contributed by atoms with Crippen LogP contribution < -0.4 is 10.1 Å². The van der Waals surface area contributed by atoms with Crippen molar-refractivity contribution in [3.63, 3.8) is 0 Å². The molecule has 0 unspecified atom stereocenters. The summed E-state index contributed by atoms with van der Waals surface area (Å²) in [6, 6.07) is 17.5. The normalized spacial score (nSPS) is 14.2. The van der Waals surface area contributed by atoms with Gasteiger partial charge in [0, 0.05) is 32.3 Å². The topological polar surface area (TPSA) is 76.5 Å². The Balaban J connectivity index is 1.26. The summed E-state index contributed by atoms with van der Waals surface area (Å²) in [4.78, 5) is 27.4. The number of piperidine rings is 1. The minimum Gasteiger partial charge on any atom is -0.497 e. The third-order valence-electron chi connectivity index (χ3n) is 6.17. The van der Waals surface area contributed by atoms with Crippen LogP contribution in [0.4, 0.5) is 0 Å². The van der Waals surface area contributed by atoms with Crippen LogP contribution in [0.3, 0.4) is 0 Å². The number of nitrogens with one attached hydrogen (secondary N) is 1. The van der Waals surface area contributed by atoms with Crippen molar-refractivity contribution in [1.82, 2.24) is 20.0 Å². The summed E-state index contributed by atoms with van der Waals surface area (Å²) >= 11 is 0. The number of carbonyl (C=O) groups excluding carboxylic acids is 2. The fourth-order valence-electron chi connectivity index (χ4n) is 4.17. The number of benzene rings is 2. The molecular formula is C26H30N4O3. The number of likely N-dealkylation sites (tertiary alicyclic amines) is 1. The zero-order valence-corrected chi connectivity index (χ0v) is 19.2. The molecule has 0 atom stereocenters. The number of para-hydroxylation sites is 1. The van der Waals surface area contributed by atoms with Crippen LogP contribution in [0.15, 0.2) is 60.8 Å². The highest BCUT2D eigenvalue weighted by molar-refractivity contribution is 5.95. The number of ether oxygens (including phenoxy) is 1. The number of amides is 2. The molecule has 1 fully saturated rings. The highest BCUT2D eigenvalue weighted by Gasteiger charge is 2.27. The molecule has 33 heavy (non-hydrogen) atoms. The van der Waals surface area contributed by atoms with Crippen molar-refractivity contribution in [2.45, 2.75) is 32.7 Å². The minimum absolute atomic E-state index is 0.0112. The Labute approximate surface area is 194 Å². The summed E-state index contributed by atoms with van der Waals surface area (Å²) in [5.41, 5.74) is 3.33. The molecule has 2 aromatic carbocycles. The van der Waals surface area contributed by atoms with Gasteiger partial charge in [-0.15, -0.1) is 0 Å². The van der Waals surface area contributed by atoms with Gasteiger partial charge in [-0.3, -0.25) is 9.59 Å². The maximum Gasteiger partial charge on any atom is 0.257 e. The highest BCUT2D eigenvalue weighted by atomic mass is 16.5. The number of carbonyl (C=O) groups is 2. The van der Waals surface area contributed by atoms with E-state index in [0.29, 0.717) is 31.6 Å². The van der Waals surface area contributed by atoms with Crippen molar-refractivity contribution in [3.05, 3.63) is 77.6 Å². The van der Waals surface area contributed by atoms with Crippen molar-refractivity contribution in [2.75, 3.05) is 20.2 Å². The molecule has 3 aromatic rings. The van der Waals surface area contributed by atoms with E-state index in [9.17, 15) is 9.59 Å². The maximum absolute atomic E-state index is 13.1. The van der Waals surface area contributed by atoms with Gasteiger partial charge in [0.15, 0.2) is 0 Å².